The molecule has 0 aliphatic rings. The standard InChI is InChI=1S/C26H29ClN2O6/c1-5-6-7-8-11-35-22-10-9-17(13-24(22)33-3)12-18(16-28)25(30)29-21-15-23(32-2)19(14-20(21)27)26(31)34-4/h9-10,12-15H,5-8,11H2,1-4H3,(H,29,30)/b18-12+. The molecule has 0 saturated heterocycles. The van der Waals surface area contributed by atoms with Crippen LogP contribution in [0.3, 0.4) is 0 Å². The van der Waals surface area contributed by atoms with E-state index in [9.17, 15) is 14.9 Å². The third-order valence-electron chi connectivity index (χ3n) is 5.06. The van der Waals surface area contributed by atoms with Crippen molar-refractivity contribution in [3.05, 3.63) is 52.1 Å². The Hall–Kier alpha value is -3.70. The minimum absolute atomic E-state index is 0.0824. The molecule has 186 valence electrons. The summed E-state index contributed by atoms with van der Waals surface area (Å²) in [5.41, 5.74) is 0.699. The van der Waals surface area contributed by atoms with Gasteiger partial charge in [-0.25, -0.2) is 4.79 Å². The summed E-state index contributed by atoms with van der Waals surface area (Å²) in [6, 6.07) is 9.76. The molecule has 1 amide bonds. The van der Waals surface area contributed by atoms with Crippen LogP contribution in [0.25, 0.3) is 6.08 Å². The van der Waals surface area contributed by atoms with Crippen molar-refractivity contribution in [1.82, 2.24) is 0 Å². The number of halogens is 1. The van der Waals surface area contributed by atoms with Crippen molar-refractivity contribution in [2.24, 2.45) is 0 Å². The molecular formula is C26H29ClN2O6. The lowest BCUT2D eigenvalue weighted by atomic mass is 10.1. The number of hydrogen-bond acceptors (Lipinski definition) is 7. The third kappa shape index (κ3) is 7.66. The fraction of sp³-hybridized carbons (Fsp3) is 0.346. The predicted molar refractivity (Wildman–Crippen MR) is 134 cm³/mol. The summed E-state index contributed by atoms with van der Waals surface area (Å²) >= 11 is 6.23. The SMILES string of the molecule is CCCCCCOc1ccc(/C=C(\C#N)C(=O)Nc2cc(OC)c(C(=O)OC)cc2Cl)cc1OC. The van der Waals surface area contributed by atoms with E-state index < -0.39 is 11.9 Å². The van der Waals surface area contributed by atoms with Crippen LogP contribution in [0.15, 0.2) is 35.9 Å². The van der Waals surface area contributed by atoms with Gasteiger partial charge in [0, 0.05) is 6.07 Å². The quantitative estimate of drug-likeness (QED) is 0.174. The van der Waals surface area contributed by atoms with Gasteiger partial charge in [-0.3, -0.25) is 4.79 Å². The summed E-state index contributed by atoms with van der Waals surface area (Å²) in [5.74, 6) is -0.0695. The van der Waals surface area contributed by atoms with Crippen LogP contribution in [-0.2, 0) is 9.53 Å². The van der Waals surface area contributed by atoms with Crippen molar-refractivity contribution < 1.29 is 28.5 Å². The van der Waals surface area contributed by atoms with E-state index in [4.69, 9.17) is 30.5 Å². The van der Waals surface area contributed by atoms with E-state index >= 15 is 0 Å². The van der Waals surface area contributed by atoms with Crippen LogP contribution in [0.4, 0.5) is 5.69 Å². The largest absolute Gasteiger partial charge is 0.496 e. The van der Waals surface area contributed by atoms with Gasteiger partial charge in [0.15, 0.2) is 11.5 Å². The van der Waals surface area contributed by atoms with Crippen LogP contribution >= 0.6 is 11.6 Å². The highest BCUT2D eigenvalue weighted by atomic mass is 35.5. The van der Waals surface area contributed by atoms with Gasteiger partial charge in [0.1, 0.15) is 23.0 Å². The van der Waals surface area contributed by atoms with Crippen molar-refractivity contribution in [3.8, 4) is 23.3 Å². The smallest absolute Gasteiger partial charge is 0.341 e. The van der Waals surface area contributed by atoms with Crippen LogP contribution in [0.2, 0.25) is 5.02 Å². The first-order chi connectivity index (χ1) is 16.9. The van der Waals surface area contributed by atoms with Crippen molar-refractivity contribution in [2.45, 2.75) is 32.6 Å². The van der Waals surface area contributed by atoms with E-state index in [1.807, 2.05) is 6.07 Å². The number of nitriles is 1. The number of methoxy groups -OCH3 is 3. The Morgan fingerprint density at radius 3 is 2.40 bits per heavy atom. The molecule has 1 N–H and O–H groups in total. The number of nitrogens with one attached hydrogen (secondary N) is 1. The molecule has 8 nitrogen and oxygen atoms in total. The van der Waals surface area contributed by atoms with Gasteiger partial charge in [-0.15, -0.1) is 0 Å². The molecule has 9 heteroatoms. The maximum Gasteiger partial charge on any atom is 0.341 e. The number of carbonyl (C=O) groups excluding carboxylic acids is 2. The summed E-state index contributed by atoms with van der Waals surface area (Å²) in [6.45, 7) is 2.73. The van der Waals surface area contributed by atoms with E-state index in [1.165, 1.54) is 39.5 Å². The molecule has 0 fully saturated rings. The number of amides is 1. The zero-order valence-corrected chi connectivity index (χ0v) is 21.0. The van der Waals surface area contributed by atoms with Gasteiger partial charge < -0.3 is 24.3 Å². The normalized spacial score (nSPS) is 10.8. The highest BCUT2D eigenvalue weighted by Crippen LogP contribution is 2.32. The van der Waals surface area contributed by atoms with Gasteiger partial charge in [-0.1, -0.05) is 43.9 Å². The fourth-order valence-corrected chi connectivity index (χ4v) is 3.41. The zero-order chi connectivity index (χ0) is 25.8. The summed E-state index contributed by atoms with van der Waals surface area (Å²) < 4.78 is 21.1. The van der Waals surface area contributed by atoms with E-state index in [1.54, 1.807) is 18.2 Å². The fourth-order valence-electron chi connectivity index (χ4n) is 3.20. The van der Waals surface area contributed by atoms with Gasteiger partial charge in [-0.2, -0.15) is 5.26 Å². The van der Waals surface area contributed by atoms with Gasteiger partial charge in [-0.05, 0) is 36.3 Å². The third-order valence-corrected chi connectivity index (χ3v) is 5.37. The lowest BCUT2D eigenvalue weighted by Crippen LogP contribution is -2.14. The molecule has 0 bridgehead atoms. The topological polar surface area (TPSA) is 107 Å². The number of hydrogen-bond donors (Lipinski definition) is 1. The molecule has 0 unspecified atom stereocenters. The van der Waals surface area contributed by atoms with Gasteiger partial charge in [0.25, 0.3) is 5.91 Å². The van der Waals surface area contributed by atoms with Crippen molar-refractivity contribution in [2.75, 3.05) is 33.3 Å². The second-order valence-electron chi connectivity index (χ2n) is 7.47. The predicted octanol–water partition coefficient (Wildman–Crippen LogP) is 5.65. The molecule has 2 aromatic carbocycles. The number of esters is 1. The molecule has 0 radical (unpaired) electrons. The average Bonchev–Trinajstić information content (AvgIpc) is 2.87. The molecule has 2 aromatic rings. The summed E-state index contributed by atoms with van der Waals surface area (Å²) in [6.07, 6.45) is 5.79. The second kappa shape index (κ2) is 13.9. The van der Waals surface area contributed by atoms with Crippen molar-refractivity contribution in [3.63, 3.8) is 0 Å². The van der Waals surface area contributed by atoms with Gasteiger partial charge in [0.2, 0.25) is 0 Å². The van der Waals surface area contributed by atoms with E-state index in [0.29, 0.717) is 23.7 Å². The Balaban J connectivity index is 2.21. The lowest BCUT2D eigenvalue weighted by Gasteiger charge is -2.13. The maximum atomic E-state index is 12.8. The molecule has 2 rings (SSSR count). The monoisotopic (exact) mass is 500 g/mol. The van der Waals surface area contributed by atoms with E-state index in [2.05, 4.69) is 12.2 Å². The number of nitrogens with zero attached hydrogens (tertiary/aromatic N) is 1. The first-order valence-electron chi connectivity index (χ1n) is 11.1. The Bertz CT molecular complexity index is 1120. The van der Waals surface area contributed by atoms with Crippen LogP contribution in [0, 0.1) is 11.3 Å². The Kier molecular flexibility index (Phi) is 10.9. The van der Waals surface area contributed by atoms with Crippen molar-refractivity contribution in [1.29, 1.82) is 5.26 Å². The molecule has 0 saturated carbocycles. The Morgan fingerprint density at radius 2 is 1.77 bits per heavy atom. The molecule has 0 aliphatic heterocycles. The maximum absolute atomic E-state index is 12.8. The molecule has 0 aliphatic carbocycles. The number of ether oxygens (including phenoxy) is 4. The number of benzene rings is 2. The first kappa shape index (κ1) is 27.5. The number of rotatable bonds is 12. The van der Waals surface area contributed by atoms with Crippen LogP contribution in [-0.4, -0.2) is 39.8 Å². The van der Waals surface area contributed by atoms with Crippen molar-refractivity contribution >= 4 is 35.2 Å². The van der Waals surface area contributed by atoms with Crippen LogP contribution in [0.1, 0.15) is 48.5 Å². The Labute approximate surface area is 210 Å². The van der Waals surface area contributed by atoms with Crippen LogP contribution in [0.5, 0.6) is 17.2 Å². The highest BCUT2D eigenvalue weighted by Gasteiger charge is 2.19. The second-order valence-corrected chi connectivity index (χ2v) is 7.87. The summed E-state index contributed by atoms with van der Waals surface area (Å²) in [5, 5.41) is 12.2. The average molecular weight is 501 g/mol. The summed E-state index contributed by atoms with van der Waals surface area (Å²) in [4.78, 5) is 24.7. The molecule has 0 atom stereocenters. The highest BCUT2D eigenvalue weighted by molar-refractivity contribution is 6.34. The molecule has 35 heavy (non-hydrogen) atoms. The van der Waals surface area contributed by atoms with Crippen LogP contribution < -0.4 is 19.5 Å². The number of anilines is 1. The van der Waals surface area contributed by atoms with E-state index in [-0.39, 0.29) is 27.6 Å². The summed E-state index contributed by atoms with van der Waals surface area (Å²) in [7, 11) is 4.13. The minimum Gasteiger partial charge on any atom is -0.496 e. The lowest BCUT2D eigenvalue weighted by molar-refractivity contribution is -0.112. The zero-order valence-electron chi connectivity index (χ0n) is 20.3. The Morgan fingerprint density at radius 1 is 1.03 bits per heavy atom. The minimum atomic E-state index is -0.683. The molecular weight excluding hydrogens is 472 g/mol. The number of unbranched alkanes of at least 4 members (excludes halogenated alkanes) is 3. The van der Waals surface area contributed by atoms with E-state index in [0.717, 1.165) is 25.7 Å². The molecule has 0 heterocycles. The van der Waals surface area contributed by atoms with Gasteiger partial charge >= 0.3 is 5.97 Å². The van der Waals surface area contributed by atoms with Gasteiger partial charge in [0.05, 0.1) is 38.6 Å². The first-order valence-corrected chi connectivity index (χ1v) is 11.5. The molecule has 0 aromatic heterocycles. The number of carbonyl (C=O) groups is 2. The molecule has 0 spiro atoms.